The molecule has 0 radical (unpaired) electrons. The summed E-state index contributed by atoms with van der Waals surface area (Å²) in [5.41, 5.74) is 0. The molecule has 0 aliphatic carbocycles. The minimum absolute atomic E-state index is 0.00685. The molecule has 0 saturated carbocycles. The molecule has 1 unspecified atom stereocenters. The summed E-state index contributed by atoms with van der Waals surface area (Å²) in [6.07, 6.45) is 3.49. The molecule has 5 heteroatoms. The lowest BCUT2D eigenvalue weighted by Gasteiger charge is -2.06. The minimum atomic E-state index is -2.88. The molecule has 2 aliphatic heterocycles. The first-order chi connectivity index (χ1) is 7.07. The van der Waals surface area contributed by atoms with Crippen molar-refractivity contribution in [1.29, 1.82) is 0 Å². The quantitative estimate of drug-likeness (QED) is 0.715. The molecule has 2 heterocycles. The highest BCUT2D eigenvalue weighted by molar-refractivity contribution is 7.91. The Morgan fingerprint density at radius 3 is 2.87 bits per heavy atom. The SMILES string of the molecule is O=C(CC1CCS(=O)(=O)C1)C1=CCCO1. The second-order valence-corrected chi connectivity index (χ2v) is 6.33. The number of Topliss-reactive ketones (excluding diaryl/α,β-unsaturated/α-hetero) is 1. The zero-order chi connectivity index (χ0) is 10.9. The van der Waals surface area contributed by atoms with Gasteiger partial charge in [0.2, 0.25) is 0 Å². The van der Waals surface area contributed by atoms with Crippen LogP contribution in [0.5, 0.6) is 0 Å². The van der Waals surface area contributed by atoms with Gasteiger partial charge >= 0.3 is 0 Å². The molecular weight excluding hydrogens is 216 g/mol. The third kappa shape index (κ3) is 2.59. The van der Waals surface area contributed by atoms with Gasteiger partial charge in [0, 0.05) is 12.8 Å². The molecule has 0 bridgehead atoms. The first-order valence-electron chi connectivity index (χ1n) is 5.13. The standard InChI is InChI=1S/C10H14O4S/c11-9(10-2-1-4-14-10)6-8-3-5-15(12,13)7-8/h2,8H,1,3-7H2. The highest BCUT2D eigenvalue weighted by atomic mass is 32.2. The molecule has 0 aromatic heterocycles. The van der Waals surface area contributed by atoms with Crippen LogP contribution in [0.3, 0.4) is 0 Å². The summed E-state index contributed by atoms with van der Waals surface area (Å²) in [5, 5.41) is 0. The van der Waals surface area contributed by atoms with E-state index in [4.69, 9.17) is 4.74 Å². The van der Waals surface area contributed by atoms with Gasteiger partial charge in [-0.25, -0.2) is 8.42 Å². The highest BCUT2D eigenvalue weighted by Crippen LogP contribution is 2.24. The summed E-state index contributed by atoms with van der Waals surface area (Å²) in [7, 11) is -2.88. The van der Waals surface area contributed by atoms with Gasteiger partial charge in [0.25, 0.3) is 0 Å². The van der Waals surface area contributed by atoms with E-state index in [1.165, 1.54) is 0 Å². The molecule has 4 nitrogen and oxygen atoms in total. The largest absolute Gasteiger partial charge is 0.490 e. The Kier molecular flexibility index (Phi) is 2.82. The van der Waals surface area contributed by atoms with Crippen LogP contribution in [0.2, 0.25) is 0 Å². The van der Waals surface area contributed by atoms with Crippen molar-refractivity contribution in [3.63, 3.8) is 0 Å². The maximum atomic E-state index is 11.6. The van der Waals surface area contributed by atoms with E-state index in [9.17, 15) is 13.2 Å². The molecule has 0 aromatic carbocycles. The van der Waals surface area contributed by atoms with E-state index in [1.807, 2.05) is 0 Å². The zero-order valence-electron chi connectivity index (χ0n) is 8.44. The molecule has 0 N–H and O–H groups in total. The third-order valence-electron chi connectivity index (χ3n) is 2.78. The second-order valence-electron chi connectivity index (χ2n) is 4.10. The first kappa shape index (κ1) is 10.7. The number of hydrogen-bond acceptors (Lipinski definition) is 4. The Labute approximate surface area is 89.2 Å². The number of allylic oxidation sites excluding steroid dienone is 1. The Hall–Kier alpha value is -0.840. The summed E-state index contributed by atoms with van der Waals surface area (Å²) in [6.45, 7) is 0.573. The number of carbonyl (C=O) groups excluding carboxylic acids is 1. The fraction of sp³-hybridized carbons (Fsp3) is 0.700. The lowest BCUT2D eigenvalue weighted by molar-refractivity contribution is -0.119. The Balaban J connectivity index is 1.90. The van der Waals surface area contributed by atoms with Gasteiger partial charge in [0.15, 0.2) is 21.4 Å². The Bertz CT molecular complexity index is 394. The average Bonchev–Trinajstić information content (AvgIpc) is 2.74. The van der Waals surface area contributed by atoms with Crippen molar-refractivity contribution in [3.05, 3.63) is 11.8 Å². The molecule has 1 atom stereocenters. The summed E-state index contributed by atoms with van der Waals surface area (Å²) in [6, 6.07) is 0. The lowest BCUT2D eigenvalue weighted by Crippen LogP contribution is -2.12. The Morgan fingerprint density at radius 1 is 1.53 bits per heavy atom. The van der Waals surface area contributed by atoms with Crippen LogP contribution in [0, 0.1) is 5.92 Å². The summed E-state index contributed by atoms with van der Waals surface area (Å²) in [4.78, 5) is 11.6. The molecule has 2 rings (SSSR count). The third-order valence-corrected chi connectivity index (χ3v) is 4.62. The van der Waals surface area contributed by atoms with Crippen molar-refractivity contribution in [2.45, 2.75) is 19.3 Å². The highest BCUT2D eigenvalue weighted by Gasteiger charge is 2.30. The molecule has 1 saturated heterocycles. The van der Waals surface area contributed by atoms with Gasteiger partial charge in [-0.15, -0.1) is 0 Å². The normalized spacial score (nSPS) is 28.5. The van der Waals surface area contributed by atoms with Crippen molar-refractivity contribution in [3.8, 4) is 0 Å². The number of ketones is 1. The molecule has 0 amide bonds. The second kappa shape index (κ2) is 3.96. The smallest absolute Gasteiger partial charge is 0.197 e. The number of sulfone groups is 1. The predicted octanol–water partition coefficient (Wildman–Crippen LogP) is 0.685. The van der Waals surface area contributed by atoms with Gasteiger partial charge in [-0.2, -0.15) is 0 Å². The van der Waals surface area contributed by atoms with Crippen LogP contribution in [0.4, 0.5) is 0 Å². The number of hydrogen-bond donors (Lipinski definition) is 0. The fourth-order valence-electron chi connectivity index (χ4n) is 2.01. The van der Waals surface area contributed by atoms with Crippen molar-refractivity contribution >= 4 is 15.6 Å². The molecular formula is C10H14O4S. The van der Waals surface area contributed by atoms with Crippen molar-refractivity contribution in [1.82, 2.24) is 0 Å². The van der Waals surface area contributed by atoms with Crippen LogP contribution in [0.25, 0.3) is 0 Å². The molecule has 2 aliphatic rings. The van der Waals surface area contributed by atoms with E-state index in [0.717, 1.165) is 6.42 Å². The van der Waals surface area contributed by atoms with E-state index in [-0.39, 0.29) is 23.2 Å². The summed E-state index contributed by atoms with van der Waals surface area (Å²) < 4.78 is 27.5. The van der Waals surface area contributed by atoms with Crippen LogP contribution in [0.15, 0.2) is 11.8 Å². The van der Waals surface area contributed by atoms with Crippen LogP contribution < -0.4 is 0 Å². The van der Waals surface area contributed by atoms with Gasteiger partial charge in [-0.1, -0.05) is 0 Å². The monoisotopic (exact) mass is 230 g/mol. The molecule has 0 aromatic rings. The van der Waals surface area contributed by atoms with Crippen LogP contribution in [-0.2, 0) is 19.4 Å². The predicted molar refractivity (Wildman–Crippen MR) is 55.0 cm³/mol. The first-order valence-corrected chi connectivity index (χ1v) is 6.95. The maximum Gasteiger partial charge on any atom is 0.197 e. The zero-order valence-corrected chi connectivity index (χ0v) is 9.26. The van der Waals surface area contributed by atoms with Gasteiger partial charge in [-0.05, 0) is 18.4 Å². The van der Waals surface area contributed by atoms with E-state index in [2.05, 4.69) is 0 Å². The number of ether oxygens (including phenoxy) is 1. The van der Waals surface area contributed by atoms with Crippen LogP contribution in [-0.4, -0.2) is 32.3 Å². The van der Waals surface area contributed by atoms with E-state index in [1.54, 1.807) is 6.08 Å². The van der Waals surface area contributed by atoms with Gasteiger partial charge in [0.1, 0.15) is 0 Å². The lowest BCUT2D eigenvalue weighted by atomic mass is 10.0. The minimum Gasteiger partial charge on any atom is -0.490 e. The number of carbonyl (C=O) groups is 1. The average molecular weight is 230 g/mol. The molecule has 0 spiro atoms. The van der Waals surface area contributed by atoms with E-state index in [0.29, 0.717) is 25.2 Å². The molecule has 15 heavy (non-hydrogen) atoms. The van der Waals surface area contributed by atoms with E-state index < -0.39 is 9.84 Å². The summed E-state index contributed by atoms with van der Waals surface area (Å²) >= 11 is 0. The number of rotatable bonds is 3. The molecule has 1 fully saturated rings. The van der Waals surface area contributed by atoms with Gasteiger partial charge < -0.3 is 4.74 Å². The van der Waals surface area contributed by atoms with Crippen molar-refractivity contribution in [2.24, 2.45) is 5.92 Å². The van der Waals surface area contributed by atoms with Gasteiger partial charge in [-0.3, -0.25) is 4.79 Å². The van der Waals surface area contributed by atoms with Crippen LogP contribution in [0.1, 0.15) is 19.3 Å². The fourth-order valence-corrected chi connectivity index (χ4v) is 3.87. The summed E-state index contributed by atoms with van der Waals surface area (Å²) in [5.74, 6) is 0.762. The van der Waals surface area contributed by atoms with E-state index >= 15 is 0 Å². The van der Waals surface area contributed by atoms with Crippen molar-refractivity contribution < 1.29 is 17.9 Å². The maximum absolute atomic E-state index is 11.6. The molecule has 84 valence electrons. The van der Waals surface area contributed by atoms with Crippen LogP contribution >= 0.6 is 0 Å². The Morgan fingerprint density at radius 2 is 2.33 bits per heavy atom. The van der Waals surface area contributed by atoms with Gasteiger partial charge in [0.05, 0.1) is 18.1 Å². The van der Waals surface area contributed by atoms with Crippen molar-refractivity contribution in [2.75, 3.05) is 18.1 Å². The topological polar surface area (TPSA) is 60.4 Å².